The van der Waals surface area contributed by atoms with Crippen molar-refractivity contribution in [1.29, 1.82) is 0 Å². The largest absolute Gasteiger partial charge is 0.380 e. The molecule has 1 rings (SSSR count). The van der Waals surface area contributed by atoms with E-state index in [-0.39, 0.29) is 6.04 Å². The average molecular weight is 200 g/mol. The van der Waals surface area contributed by atoms with E-state index in [1.807, 2.05) is 26.4 Å². The molecule has 0 bridgehead atoms. The van der Waals surface area contributed by atoms with Crippen LogP contribution in [0.4, 0.5) is 0 Å². The molecule has 0 aliphatic rings. The molecule has 3 nitrogen and oxygen atoms in total. The van der Waals surface area contributed by atoms with Gasteiger partial charge in [-0.05, 0) is 20.9 Å². The third-order valence-corrected chi connectivity index (χ3v) is 2.98. The van der Waals surface area contributed by atoms with E-state index < -0.39 is 0 Å². The second-order valence-electron chi connectivity index (χ2n) is 2.80. The molecular formula is C9H16N2OS. The van der Waals surface area contributed by atoms with Crippen molar-refractivity contribution in [2.24, 2.45) is 0 Å². The highest BCUT2D eigenvalue weighted by Crippen LogP contribution is 2.21. The van der Waals surface area contributed by atoms with Crippen molar-refractivity contribution < 1.29 is 4.74 Å². The first kappa shape index (κ1) is 10.6. The highest BCUT2D eigenvalue weighted by atomic mass is 32.1. The first-order valence-electron chi connectivity index (χ1n) is 4.44. The van der Waals surface area contributed by atoms with Crippen molar-refractivity contribution in [2.45, 2.75) is 19.9 Å². The molecular weight excluding hydrogens is 184 g/mol. The van der Waals surface area contributed by atoms with Crippen LogP contribution in [0.3, 0.4) is 0 Å². The minimum absolute atomic E-state index is 0.285. The predicted octanol–water partition coefficient (Wildman–Crippen LogP) is 1.75. The molecule has 0 amide bonds. The molecule has 0 fully saturated rings. The van der Waals surface area contributed by atoms with Crippen molar-refractivity contribution in [1.82, 2.24) is 10.3 Å². The number of ether oxygens (including phenoxy) is 1. The van der Waals surface area contributed by atoms with Crippen molar-refractivity contribution in [3.63, 3.8) is 0 Å². The van der Waals surface area contributed by atoms with Crippen LogP contribution in [0.15, 0.2) is 5.51 Å². The van der Waals surface area contributed by atoms with Gasteiger partial charge in [0.25, 0.3) is 0 Å². The van der Waals surface area contributed by atoms with Crippen molar-refractivity contribution >= 4 is 11.3 Å². The second-order valence-corrected chi connectivity index (χ2v) is 3.69. The number of aromatic nitrogens is 1. The van der Waals surface area contributed by atoms with Gasteiger partial charge in [-0.2, -0.15) is 0 Å². The van der Waals surface area contributed by atoms with E-state index in [1.165, 1.54) is 4.88 Å². The number of thiazole rings is 1. The van der Waals surface area contributed by atoms with Crippen molar-refractivity contribution in [3.05, 3.63) is 16.1 Å². The molecule has 0 radical (unpaired) electrons. The Labute approximate surface area is 83.1 Å². The predicted molar refractivity (Wildman–Crippen MR) is 55.1 cm³/mol. The number of rotatable bonds is 5. The molecule has 13 heavy (non-hydrogen) atoms. The maximum Gasteiger partial charge on any atom is 0.0798 e. The summed E-state index contributed by atoms with van der Waals surface area (Å²) in [7, 11) is 1.95. The fourth-order valence-corrected chi connectivity index (χ4v) is 2.07. The monoisotopic (exact) mass is 200 g/mol. The Morgan fingerprint density at radius 1 is 1.69 bits per heavy atom. The summed E-state index contributed by atoms with van der Waals surface area (Å²) in [5, 5.41) is 3.23. The number of aryl methyl sites for hydroxylation is 1. The van der Waals surface area contributed by atoms with Crippen LogP contribution in [0.1, 0.15) is 23.5 Å². The van der Waals surface area contributed by atoms with Gasteiger partial charge in [-0.3, -0.25) is 0 Å². The van der Waals surface area contributed by atoms with Crippen LogP contribution < -0.4 is 5.32 Å². The molecule has 1 heterocycles. The van der Waals surface area contributed by atoms with E-state index >= 15 is 0 Å². The van der Waals surface area contributed by atoms with Gasteiger partial charge in [0.2, 0.25) is 0 Å². The van der Waals surface area contributed by atoms with Crippen molar-refractivity contribution in [2.75, 3.05) is 20.3 Å². The number of hydrogen-bond donors (Lipinski definition) is 1. The fraction of sp³-hybridized carbons (Fsp3) is 0.667. The fourth-order valence-electron chi connectivity index (χ4n) is 1.17. The van der Waals surface area contributed by atoms with Gasteiger partial charge in [0.05, 0.1) is 23.9 Å². The first-order chi connectivity index (χ1) is 6.29. The molecule has 1 N–H and O–H groups in total. The normalized spacial score (nSPS) is 13.2. The molecule has 1 unspecified atom stereocenters. The standard InChI is InChI=1S/C9H16N2OS/c1-4-12-5-8(10-3)9-7(2)11-6-13-9/h6,8,10H,4-5H2,1-3H3. The summed E-state index contributed by atoms with van der Waals surface area (Å²) in [5.41, 5.74) is 2.98. The Bertz CT molecular complexity index is 250. The molecule has 0 saturated heterocycles. The van der Waals surface area contributed by atoms with Crippen LogP contribution in [-0.4, -0.2) is 25.2 Å². The topological polar surface area (TPSA) is 34.1 Å². The zero-order chi connectivity index (χ0) is 9.68. The number of hydrogen-bond acceptors (Lipinski definition) is 4. The van der Waals surface area contributed by atoms with Gasteiger partial charge in [-0.15, -0.1) is 11.3 Å². The van der Waals surface area contributed by atoms with Gasteiger partial charge in [-0.1, -0.05) is 0 Å². The van der Waals surface area contributed by atoms with Crippen molar-refractivity contribution in [3.8, 4) is 0 Å². The van der Waals surface area contributed by atoms with Gasteiger partial charge in [-0.25, -0.2) is 4.98 Å². The molecule has 0 spiro atoms. The number of nitrogens with zero attached hydrogens (tertiary/aromatic N) is 1. The van der Waals surface area contributed by atoms with E-state index in [0.29, 0.717) is 0 Å². The van der Waals surface area contributed by atoms with Gasteiger partial charge in [0, 0.05) is 11.5 Å². The minimum Gasteiger partial charge on any atom is -0.380 e. The Balaban J connectivity index is 2.61. The lowest BCUT2D eigenvalue weighted by atomic mass is 10.2. The molecule has 0 aromatic carbocycles. The number of nitrogens with one attached hydrogen (secondary N) is 1. The molecule has 1 atom stereocenters. The summed E-state index contributed by atoms with van der Waals surface area (Å²) in [4.78, 5) is 5.49. The van der Waals surface area contributed by atoms with E-state index in [9.17, 15) is 0 Å². The van der Waals surface area contributed by atoms with E-state index in [0.717, 1.165) is 18.9 Å². The maximum absolute atomic E-state index is 5.38. The van der Waals surface area contributed by atoms with Crippen LogP contribution in [0, 0.1) is 6.92 Å². The maximum atomic E-state index is 5.38. The molecule has 0 saturated carbocycles. The third kappa shape index (κ3) is 2.76. The first-order valence-corrected chi connectivity index (χ1v) is 5.32. The summed E-state index contributed by atoms with van der Waals surface area (Å²) in [6.45, 7) is 5.51. The van der Waals surface area contributed by atoms with E-state index in [4.69, 9.17) is 4.74 Å². The molecule has 0 aliphatic carbocycles. The molecule has 0 aliphatic heterocycles. The lowest BCUT2D eigenvalue weighted by molar-refractivity contribution is 0.126. The van der Waals surface area contributed by atoms with Crippen LogP contribution in [-0.2, 0) is 4.74 Å². The van der Waals surface area contributed by atoms with Gasteiger partial charge in [0.1, 0.15) is 0 Å². The zero-order valence-electron chi connectivity index (χ0n) is 8.33. The van der Waals surface area contributed by atoms with Crippen LogP contribution in [0.25, 0.3) is 0 Å². The second kappa shape index (κ2) is 5.32. The summed E-state index contributed by atoms with van der Waals surface area (Å²) in [6.07, 6.45) is 0. The van der Waals surface area contributed by atoms with Gasteiger partial charge in [0.15, 0.2) is 0 Å². The van der Waals surface area contributed by atoms with Gasteiger partial charge >= 0.3 is 0 Å². The summed E-state index contributed by atoms with van der Waals surface area (Å²) in [5.74, 6) is 0. The summed E-state index contributed by atoms with van der Waals surface area (Å²) in [6, 6.07) is 0.285. The highest BCUT2D eigenvalue weighted by Gasteiger charge is 2.13. The number of likely N-dealkylation sites (N-methyl/N-ethyl adjacent to an activating group) is 1. The highest BCUT2D eigenvalue weighted by molar-refractivity contribution is 7.09. The molecule has 4 heteroatoms. The van der Waals surface area contributed by atoms with E-state index in [2.05, 4.69) is 10.3 Å². The quantitative estimate of drug-likeness (QED) is 0.786. The van der Waals surface area contributed by atoms with E-state index in [1.54, 1.807) is 11.3 Å². The molecule has 74 valence electrons. The van der Waals surface area contributed by atoms with Gasteiger partial charge < -0.3 is 10.1 Å². The SMILES string of the molecule is CCOCC(NC)c1scnc1C. The average Bonchev–Trinajstić information content (AvgIpc) is 2.54. The van der Waals surface area contributed by atoms with Crippen LogP contribution in [0.2, 0.25) is 0 Å². The minimum atomic E-state index is 0.285. The summed E-state index contributed by atoms with van der Waals surface area (Å²) >= 11 is 1.68. The lowest BCUT2D eigenvalue weighted by Crippen LogP contribution is -2.21. The van der Waals surface area contributed by atoms with Crippen LogP contribution >= 0.6 is 11.3 Å². The Kier molecular flexibility index (Phi) is 4.35. The van der Waals surface area contributed by atoms with Crippen LogP contribution in [0.5, 0.6) is 0 Å². The Morgan fingerprint density at radius 2 is 2.46 bits per heavy atom. The zero-order valence-corrected chi connectivity index (χ0v) is 9.15. The molecule has 1 aromatic heterocycles. The smallest absolute Gasteiger partial charge is 0.0798 e. The summed E-state index contributed by atoms with van der Waals surface area (Å²) < 4.78 is 5.38. The third-order valence-electron chi connectivity index (χ3n) is 1.94. The Hall–Kier alpha value is -0.450. The molecule has 1 aromatic rings. The lowest BCUT2D eigenvalue weighted by Gasteiger charge is -2.14. The Morgan fingerprint density at radius 3 is 2.92 bits per heavy atom.